The van der Waals surface area contributed by atoms with E-state index in [1.54, 1.807) is 0 Å². The van der Waals surface area contributed by atoms with Gasteiger partial charge in [-0.1, -0.05) is 44.2 Å². The molecule has 0 aromatic heterocycles. The van der Waals surface area contributed by atoms with Crippen LogP contribution in [0.15, 0.2) is 30.3 Å². The number of carbonyl (C=O) groups is 1. The second kappa shape index (κ2) is 7.84. The molecule has 1 atom stereocenters. The van der Waals surface area contributed by atoms with Crippen molar-refractivity contribution in [3.63, 3.8) is 0 Å². The van der Waals surface area contributed by atoms with Crippen LogP contribution in [0.1, 0.15) is 25.8 Å². The van der Waals surface area contributed by atoms with Crippen molar-refractivity contribution in [1.82, 2.24) is 5.32 Å². The SMILES string of the molecule is CC(C)C[C@H](NCOCc1ccccc1)C(=O)O. The van der Waals surface area contributed by atoms with Crippen LogP contribution in [-0.2, 0) is 16.1 Å². The molecule has 0 saturated carbocycles. The molecule has 2 N–H and O–H groups in total. The maximum absolute atomic E-state index is 11.0. The Kier molecular flexibility index (Phi) is 6.39. The molecule has 0 fully saturated rings. The first-order valence-electron chi connectivity index (χ1n) is 6.17. The minimum atomic E-state index is -0.827. The molecule has 0 bridgehead atoms. The van der Waals surface area contributed by atoms with Gasteiger partial charge < -0.3 is 9.84 Å². The molecule has 0 spiro atoms. The van der Waals surface area contributed by atoms with Crippen molar-refractivity contribution in [3.8, 4) is 0 Å². The fourth-order valence-electron chi connectivity index (χ4n) is 1.65. The minimum Gasteiger partial charge on any atom is -0.480 e. The summed E-state index contributed by atoms with van der Waals surface area (Å²) >= 11 is 0. The van der Waals surface area contributed by atoms with Gasteiger partial charge in [0.2, 0.25) is 0 Å². The lowest BCUT2D eigenvalue weighted by molar-refractivity contribution is -0.140. The molecule has 0 aliphatic heterocycles. The highest BCUT2D eigenvalue weighted by Crippen LogP contribution is 2.05. The average molecular weight is 251 g/mol. The number of nitrogens with one attached hydrogen (secondary N) is 1. The number of rotatable bonds is 8. The van der Waals surface area contributed by atoms with Crippen molar-refractivity contribution in [2.75, 3.05) is 6.73 Å². The largest absolute Gasteiger partial charge is 0.480 e. The molecular formula is C14H21NO3. The number of carboxylic acid groups (broad SMARTS) is 1. The van der Waals surface area contributed by atoms with E-state index in [9.17, 15) is 4.79 Å². The predicted octanol–water partition coefficient (Wildman–Crippen LogP) is 2.25. The third kappa shape index (κ3) is 5.80. The summed E-state index contributed by atoms with van der Waals surface area (Å²) in [5.41, 5.74) is 1.08. The second-order valence-electron chi connectivity index (χ2n) is 4.70. The molecule has 0 amide bonds. The fraction of sp³-hybridized carbons (Fsp3) is 0.500. The number of hydrogen-bond donors (Lipinski definition) is 2. The van der Waals surface area contributed by atoms with Crippen molar-refractivity contribution in [3.05, 3.63) is 35.9 Å². The van der Waals surface area contributed by atoms with Crippen molar-refractivity contribution in [1.29, 1.82) is 0 Å². The van der Waals surface area contributed by atoms with Gasteiger partial charge in [-0.2, -0.15) is 0 Å². The van der Waals surface area contributed by atoms with Gasteiger partial charge in [0.05, 0.1) is 13.3 Å². The topological polar surface area (TPSA) is 58.6 Å². The van der Waals surface area contributed by atoms with Gasteiger partial charge in [0.25, 0.3) is 0 Å². The number of hydrogen-bond acceptors (Lipinski definition) is 3. The van der Waals surface area contributed by atoms with E-state index in [4.69, 9.17) is 9.84 Å². The standard InChI is InChI=1S/C14H21NO3/c1-11(2)8-13(14(16)17)15-10-18-9-12-6-4-3-5-7-12/h3-7,11,13,15H,8-10H2,1-2H3,(H,16,17)/t13-/m0/s1. The van der Waals surface area contributed by atoms with Crippen molar-refractivity contribution < 1.29 is 14.6 Å². The highest BCUT2D eigenvalue weighted by Gasteiger charge is 2.17. The van der Waals surface area contributed by atoms with Gasteiger partial charge in [-0.3, -0.25) is 10.1 Å². The Labute approximate surface area is 108 Å². The van der Waals surface area contributed by atoms with Crippen LogP contribution in [0.4, 0.5) is 0 Å². The quantitative estimate of drug-likeness (QED) is 0.549. The maximum atomic E-state index is 11.0. The zero-order valence-corrected chi connectivity index (χ0v) is 10.9. The Balaban J connectivity index is 2.25. The van der Waals surface area contributed by atoms with Crippen molar-refractivity contribution >= 4 is 5.97 Å². The summed E-state index contributed by atoms with van der Waals surface area (Å²) in [7, 11) is 0. The molecule has 1 rings (SSSR count). The van der Waals surface area contributed by atoms with E-state index in [1.807, 2.05) is 44.2 Å². The molecule has 0 heterocycles. The molecule has 4 nitrogen and oxygen atoms in total. The zero-order valence-electron chi connectivity index (χ0n) is 10.9. The molecule has 1 aromatic rings. The Morgan fingerprint density at radius 3 is 2.56 bits per heavy atom. The Hall–Kier alpha value is -1.39. The van der Waals surface area contributed by atoms with Gasteiger partial charge in [-0.25, -0.2) is 0 Å². The van der Waals surface area contributed by atoms with Gasteiger partial charge in [-0.05, 0) is 17.9 Å². The lowest BCUT2D eigenvalue weighted by Crippen LogP contribution is -2.39. The van der Waals surface area contributed by atoms with Crippen molar-refractivity contribution in [2.45, 2.75) is 32.9 Å². The molecule has 0 saturated heterocycles. The highest BCUT2D eigenvalue weighted by atomic mass is 16.5. The van der Waals surface area contributed by atoms with Crippen LogP contribution in [0.2, 0.25) is 0 Å². The summed E-state index contributed by atoms with van der Waals surface area (Å²) < 4.78 is 5.41. The molecule has 100 valence electrons. The number of carboxylic acids is 1. The predicted molar refractivity (Wildman–Crippen MR) is 70.1 cm³/mol. The van der Waals surface area contributed by atoms with Crippen molar-refractivity contribution in [2.24, 2.45) is 5.92 Å². The van der Waals surface area contributed by atoms with E-state index in [0.717, 1.165) is 5.56 Å². The van der Waals surface area contributed by atoms with Crippen LogP contribution >= 0.6 is 0 Å². The Morgan fingerprint density at radius 1 is 1.33 bits per heavy atom. The molecular weight excluding hydrogens is 230 g/mol. The number of benzene rings is 1. The first-order chi connectivity index (χ1) is 8.59. The first-order valence-corrected chi connectivity index (χ1v) is 6.17. The molecule has 1 aromatic carbocycles. The highest BCUT2D eigenvalue weighted by molar-refractivity contribution is 5.73. The third-order valence-corrected chi connectivity index (χ3v) is 2.55. The van der Waals surface area contributed by atoms with E-state index in [2.05, 4.69) is 5.32 Å². The van der Waals surface area contributed by atoms with E-state index in [1.165, 1.54) is 0 Å². The zero-order chi connectivity index (χ0) is 13.4. The molecule has 0 unspecified atom stereocenters. The smallest absolute Gasteiger partial charge is 0.320 e. The number of aliphatic carboxylic acids is 1. The van der Waals surface area contributed by atoms with Crippen LogP contribution in [0.25, 0.3) is 0 Å². The molecule has 4 heteroatoms. The first kappa shape index (κ1) is 14.7. The third-order valence-electron chi connectivity index (χ3n) is 2.55. The summed E-state index contributed by atoms with van der Waals surface area (Å²) in [6, 6.07) is 9.26. The van der Waals surface area contributed by atoms with Crippen LogP contribution in [-0.4, -0.2) is 23.8 Å². The average Bonchev–Trinajstić information content (AvgIpc) is 2.33. The van der Waals surface area contributed by atoms with Gasteiger partial charge in [-0.15, -0.1) is 0 Å². The van der Waals surface area contributed by atoms with E-state index < -0.39 is 12.0 Å². The summed E-state index contributed by atoms with van der Waals surface area (Å²) in [6.45, 7) is 4.74. The lowest BCUT2D eigenvalue weighted by atomic mass is 10.0. The summed E-state index contributed by atoms with van der Waals surface area (Å²) in [6.07, 6.45) is 0.601. The Morgan fingerprint density at radius 2 is 2.00 bits per heavy atom. The minimum absolute atomic E-state index is 0.249. The number of ether oxygens (including phenoxy) is 1. The molecule has 0 aliphatic rings. The van der Waals surface area contributed by atoms with Gasteiger partial charge in [0, 0.05) is 0 Å². The van der Waals surface area contributed by atoms with Gasteiger partial charge in [0.1, 0.15) is 6.04 Å². The van der Waals surface area contributed by atoms with Crippen LogP contribution < -0.4 is 5.32 Å². The summed E-state index contributed by atoms with van der Waals surface area (Å²) in [4.78, 5) is 11.0. The summed E-state index contributed by atoms with van der Waals surface area (Å²) in [5.74, 6) is -0.486. The monoisotopic (exact) mass is 251 g/mol. The maximum Gasteiger partial charge on any atom is 0.320 e. The molecule has 18 heavy (non-hydrogen) atoms. The molecule has 0 radical (unpaired) electrons. The normalized spacial score (nSPS) is 12.6. The molecule has 0 aliphatic carbocycles. The van der Waals surface area contributed by atoms with Crippen LogP contribution in [0, 0.1) is 5.92 Å². The van der Waals surface area contributed by atoms with E-state index in [0.29, 0.717) is 18.9 Å². The lowest BCUT2D eigenvalue weighted by Gasteiger charge is -2.16. The van der Waals surface area contributed by atoms with E-state index in [-0.39, 0.29) is 6.73 Å². The van der Waals surface area contributed by atoms with Crippen LogP contribution in [0.3, 0.4) is 0 Å². The second-order valence-corrected chi connectivity index (χ2v) is 4.70. The Bertz CT molecular complexity index is 351. The summed E-state index contributed by atoms with van der Waals surface area (Å²) in [5, 5.41) is 11.9. The van der Waals surface area contributed by atoms with Gasteiger partial charge >= 0.3 is 5.97 Å². The fourth-order valence-corrected chi connectivity index (χ4v) is 1.65. The van der Waals surface area contributed by atoms with E-state index >= 15 is 0 Å². The van der Waals surface area contributed by atoms with Crippen LogP contribution in [0.5, 0.6) is 0 Å². The van der Waals surface area contributed by atoms with Gasteiger partial charge in [0.15, 0.2) is 0 Å².